The Morgan fingerprint density at radius 2 is 2.20 bits per heavy atom. The fourth-order valence-electron chi connectivity index (χ4n) is 2.22. The van der Waals surface area contributed by atoms with Crippen molar-refractivity contribution in [2.45, 2.75) is 52.7 Å². The van der Waals surface area contributed by atoms with Gasteiger partial charge in [0.25, 0.3) is 0 Å². The molecule has 0 aromatic carbocycles. The van der Waals surface area contributed by atoms with Gasteiger partial charge < -0.3 is 10.1 Å². The van der Waals surface area contributed by atoms with Crippen LogP contribution in [-0.4, -0.2) is 17.0 Å². The minimum atomic E-state index is 0.152. The van der Waals surface area contributed by atoms with E-state index in [-0.39, 0.29) is 17.9 Å². The Kier molecular flexibility index (Phi) is 4.99. The zero-order valence-electron chi connectivity index (χ0n) is 12.6. The first kappa shape index (κ1) is 14.8. The van der Waals surface area contributed by atoms with Crippen LogP contribution in [0.2, 0.25) is 0 Å². The van der Waals surface area contributed by atoms with Crippen molar-refractivity contribution in [3.8, 4) is 5.88 Å². The van der Waals surface area contributed by atoms with Crippen LogP contribution >= 0.6 is 0 Å². The summed E-state index contributed by atoms with van der Waals surface area (Å²) in [5.74, 6) is 1.65. The van der Waals surface area contributed by atoms with E-state index in [0.717, 1.165) is 24.8 Å². The van der Waals surface area contributed by atoms with Crippen LogP contribution in [0.1, 0.15) is 45.6 Å². The van der Waals surface area contributed by atoms with Crippen molar-refractivity contribution < 1.29 is 9.53 Å². The molecule has 1 aromatic rings. The van der Waals surface area contributed by atoms with Crippen molar-refractivity contribution in [3.05, 3.63) is 23.9 Å². The van der Waals surface area contributed by atoms with Crippen LogP contribution in [0, 0.1) is 11.8 Å². The van der Waals surface area contributed by atoms with Gasteiger partial charge in [-0.05, 0) is 43.7 Å². The standard InChI is InChI=1S/C16H24N2O2/c1-11(2)8-12(3)20-15-9-13(6-7-17-15)10-18-16(19)14-4-5-14/h6-7,9,11-12,14H,4-5,8,10H2,1-3H3,(H,18,19)/t12-/m0/s1. The van der Waals surface area contributed by atoms with E-state index in [1.54, 1.807) is 6.20 Å². The largest absolute Gasteiger partial charge is 0.475 e. The first-order valence-corrected chi connectivity index (χ1v) is 7.44. The molecule has 1 atom stereocenters. The highest BCUT2D eigenvalue weighted by Crippen LogP contribution is 2.28. The van der Waals surface area contributed by atoms with Crippen molar-refractivity contribution in [1.82, 2.24) is 10.3 Å². The average molecular weight is 276 g/mol. The Morgan fingerprint density at radius 3 is 2.85 bits per heavy atom. The number of hydrogen-bond donors (Lipinski definition) is 1. The molecule has 1 N–H and O–H groups in total. The van der Waals surface area contributed by atoms with E-state index in [4.69, 9.17) is 4.74 Å². The average Bonchev–Trinajstić information content (AvgIpc) is 3.19. The van der Waals surface area contributed by atoms with Gasteiger partial charge in [0.15, 0.2) is 0 Å². The van der Waals surface area contributed by atoms with Crippen LogP contribution in [0.5, 0.6) is 5.88 Å². The second-order valence-corrected chi connectivity index (χ2v) is 6.05. The maximum absolute atomic E-state index is 11.6. The van der Waals surface area contributed by atoms with Gasteiger partial charge in [-0.25, -0.2) is 4.98 Å². The maximum atomic E-state index is 11.6. The van der Waals surface area contributed by atoms with Gasteiger partial charge >= 0.3 is 0 Å². The summed E-state index contributed by atoms with van der Waals surface area (Å²) in [6.45, 7) is 6.96. The zero-order valence-corrected chi connectivity index (χ0v) is 12.6. The van der Waals surface area contributed by atoms with Crippen molar-refractivity contribution in [3.63, 3.8) is 0 Å². The number of nitrogens with zero attached hydrogens (tertiary/aromatic N) is 1. The Hall–Kier alpha value is -1.58. The van der Waals surface area contributed by atoms with Gasteiger partial charge in [-0.2, -0.15) is 0 Å². The lowest BCUT2D eigenvalue weighted by molar-refractivity contribution is -0.122. The first-order chi connectivity index (χ1) is 9.54. The highest BCUT2D eigenvalue weighted by molar-refractivity contribution is 5.80. The molecular weight excluding hydrogens is 252 g/mol. The fraction of sp³-hybridized carbons (Fsp3) is 0.625. The monoisotopic (exact) mass is 276 g/mol. The van der Waals surface area contributed by atoms with Crippen molar-refractivity contribution in [2.24, 2.45) is 11.8 Å². The van der Waals surface area contributed by atoms with Crippen LogP contribution in [0.3, 0.4) is 0 Å². The van der Waals surface area contributed by atoms with Crippen LogP contribution in [0.4, 0.5) is 0 Å². The van der Waals surface area contributed by atoms with Gasteiger partial charge in [0.1, 0.15) is 0 Å². The molecule has 1 aliphatic carbocycles. The SMILES string of the molecule is CC(C)C[C@H](C)Oc1cc(CNC(=O)C2CC2)ccn1. The Labute approximate surface area is 120 Å². The zero-order chi connectivity index (χ0) is 14.5. The summed E-state index contributed by atoms with van der Waals surface area (Å²) in [6, 6.07) is 3.82. The molecule has 1 fully saturated rings. The van der Waals surface area contributed by atoms with E-state index in [1.807, 2.05) is 12.1 Å². The van der Waals surface area contributed by atoms with Gasteiger partial charge in [-0.15, -0.1) is 0 Å². The van der Waals surface area contributed by atoms with Crippen LogP contribution < -0.4 is 10.1 Å². The van der Waals surface area contributed by atoms with Crippen LogP contribution in [-0.2, 0) is 11.3 Å². The Morgan fingerprint density at radius 1 is 1.45 bits per heavy atom. The van der Waals surface area contributed by atoms with Crippen molar-refractivity contribution >= 4 is 5.91 Å². The Balaban J connectivity index is 1.84. The van der Waals surface area contributed by atoms with E-state index in [1.165, 1.54) is 0 Å². The normalized spacial score (nSPS) is 16.0. The third-order valence-electron chi connectivity index (χ3n) is 3.34. The van der Waals surface area contributed by atoms with Crippen LogP contribution in [0.25, 0.3) is 0 Å². The maximum Gasteiger partial charge on any atom is 0.223 e. The van der Waals surface area contributed by atoms with Crippen molar-refractivity contribution in [1.29, 1.82) is 0 Å². The number of pyridine rings is 1. The van der Waals surface area contributed by atoms with Crippen LogP contribution in [0.15, 0.2) is 18.3 Å². The highest BCUT2D eigenvalue weighted by atomic mass is 16.5. The predicted octanol–water partition coefficient (Wildman–Crippen LogP) is 2.92. The summed E-state index contributed by atoms with van der Waals surface area (Å²) in [5.41, 5.74) is 1.03. The smallest absolute Gasteiger partial charge is 0.223 e. The molecule has 1 amide bonds. The topological polar surface area (TPSA) is 51.2 Å². The number of nitrogens with one attached hydrogen (secondary N) is 1. The second kappa shape index (κ2) is 6.73. The molecule has 4 nitrogen and oxygen atoms in total. The third kappa shape index (κ3) is 4.83. The fourth-order valence-corrected chi connectivity index (χ4v) is 2.22. The van der Waals surface area contributed by atoms with E-state index < -0.39 is 0 Å². The molecule has 110 valence electrons. The summed E-state index contributed by atoms with van der Waals surface area (Å²) in [7, 11) is 0. The number of carbonyl (C=O) groups excluding carboxylic acids is 1. The van der Waals surface area contributed by atoms with Crippen molar-refractivity contribution in [2.75, 3.05) is 0 Å². The number of rotatable bonds is 7. The van der Waals surface area contributed by atoms with Gasteiger partial charge in [0.2, 0.25) is 11.8 Å². The Bertz CT molecular complexity index is 456. The van der Waals surface area contributed by atoms with Gasteiger partial charge in [0.05, 0.1) is 6.10 Å². The lowest BCUT2D eigenvalue weighted by atomic mass is 10.1. The second-order valence-electron chi connectivity index (χ2n) is 6.05. The summed E-state index contributed by atoms with van der Waals surface area (Å²) in [4.78, 5) is 15.8. The molecule has 1 aromatic heterocycles. The number of carbonyl (C=O) groups is 1. The molecule has 0 aliphatic heterocycles. The van der Waals surface area contributed by atoms with Gasteiger partial charge in [-0.3, -0.25) is 4.79 Å². The van der Waals surface area contributed by atoms with E-state index in [9.17, 15) is 4.79 Å². The first-order valence-electron chi connectivity index (χ1n) is 7.44. The minimum absolute atomic E-state index is 0.152. The molecule has 1 saturated carbocycles. The number of ether oxygens (including phenoxy) is 1. The molecule has 1 aliphatic rings. The molecule has 0 radical (unpaired) electrons. The number of aromatic nitrogens is 1. The third-order valence-corrected chi connectivity index (χ3v) is 3.34. The van der Waals surface area contributed by atoms with E-state index in [2.05, 4.69) is 31.1 Å². The molecule has 0 unspecified atom stereocenters. The lowest BCUT2D eigenvalue weighted by Gasteiger charge is -2.16. The van der Waals surface area contributed by atoms with E-state index >= 15 is 0 Å². The van der Waals surface area contributed by atoms with E-state index in [0.29, 0.717) is 18.3 Å². The minimum Gasteiger partial charge on any atom is -0.475 e. The van der Waals surface area contributed by atoms with Gasteiger partial charge in [0, 0.05) is 24.7 Å². The summed E-state index contributed by atoms with van der Waals surface area (Å²) in [5, 5.41) is 2.95. The quantitative estimate of drug-likeness (QED) is 0.833. The molecule has 2 rings (SSSR count). The number of amides is 1. The highest BCUT2D eigenvalue weighted by Gasteiger charge is 2.29. The summed E-state index contributed by atoms with van der Waals surface area (Å²) < 4.78 is 5.81. The molecule has 1 heterocycles. The molecule has 0 bridgehead atoms. The van der Waals surface area contributed by atoms with Gasteiger partial charge in [-0.1, -0.05) is 13.8 Å². The number of hydrogen-bond acceptors (Lipinski definition) is 3. The molecule has 4 heteroatoms. The molecule has 0 spiro atoms. The summed E-state index contributed by atoms with van der Waals surface area (Å²) >= 11 is 0. The molecular formula is C16H24N2O2. The molecule has 20 heavy (non-hydrogen) atoms. The lowest BCUT2D eigenvalue weighted by Crippen LogP contribution is -2.24. The molecule has 0 saturated heterocycles. The predicted molar refractivity (Wildman–Crippen MR) is 78.4 cm³/mol. The summed E-state index contributed by atoms with van der Waals surface area (Å²) in [6.07, 6.45) is 4.95.